The van der Waals surface area contributed by atoms with Crippen molar-refractivity contribution in [2.24, 2.45) is 17.8 Å². The average Bonchev–Trinajstić information content (AvgIpc) is 3.64. The lowest BCUT2D eigenvalue weighted by molar-refractivity contribution is -0.136. The lowest BCUT2D eigenvalue weighted by atomic mass is 10.0. The maximum Gasteiger partial charge on any atom is 0.407 e. The van der Waals surface area contributed by atoms with E-state index in [0.717, 1.165) is 71.8 Å². The molecule has 2 aromatic heterocycles. The molecule has 1 aliphatic carbocycles. The number of nitrogens with one attached hydrogen (secondary N) is 4. The van der Waals surface area contributed by atoms with Gasteiger partial charge in [0.05, 0.1) is 38.2 Å². The molecule has 4 aromatic rings. The standard InChI is InChI=1S/C41H51ClN8O5/c1-22(2)30(45-40(52)54-5)21-49-17-7-8-31(49)38-46-35(36(42)48-38)27-15-11-25(12-16-27)24-9-13-26(14-10-24)29-20-43-37(44-29)33-19-28-18-32(28)50(33)39(51)34(23(3)4)47-41(53)55-6/h9-16,20,22-23,28,30-34H,7-8,17-19,21H2,1-6H3,(H,43,44)(H,45,52)(H,46,48)(H,47,53). The number of aromatic amines is 2. The molecule has 14 heteroatoms. The molecule has 3 aliphatic rings. The fourth-order valence-corrected chi connectivity index (χ4v) is 8.40. The Hall–Kier alpha value is -4.88. The number of methoxy groups -OCH3 is 2. The summed E-state index contributed by atoms with van der Waals surface area (Å²) in [6.07, 6.45) is 4.61. The van der Waals surface area contributed by atoms with Crippen molar-refractivity contribution < 1.29 is 23.9 Å². The van der Waals surface area contributed by atoms with E-state index in [1.165, 1.54) is 14.2 Å². The molecule has 0 radical (unpaired) electrons. The molecule has 0 bridgehead atoms. The Labute approximate surface area is 326 Å². The van der Waals surface area contributed by atoms with E-state index < -0.39 is 18.2 Å². The van der Waals surface area contributed by atoms with Crippen LogP contribution in [0.4, 0.5) is 9.59 Å². The quantitative estimate of drug-likeness (QED) is 0.117. The predicted octanol–water partition coefficient (Wildman–Crippen LogP) is 7.35. The fraction of sp³-hybridized carbons (Fsp3) is 0.488. The minimum Gasteiger partial charge on any atom is -0.453 e. The highest BCUT2D eigenvalue weighted by Crippen LogP contribution is 2.53. The number of imidazole rings is 2. The lowest BCUT2D eigenvalue weighted by Crippen LogP contribution is -2.52. The third-order valence-electron chi connectivity index (χ3n) is 11.4. The first kappa shape index (κ1) is 38.4. The van der Waals surface area contributed by atoms with Gasteiger partial charge in [-0.3, -0.25) is 9.69 Å². The van der Waals surface area contributed by atoms with Gasteiger partial charge in [-0.2, -0.15) is 0 Å². The number of H-pyrrole nitrogens is 2. The number of aromatic nitrogens is 4. The first-order valence-corrected chi connectivity index (χ1v) is 19.6. The van der Waals surface area contributed by atoms with Gasteiger partial charge in [-0.05, 0) is 66.7 Å². The van der Waals surface area contributed by atoms with Crippen LogP contribution in [-0.4, -0.2) is 93.3 Å². The van der Waals surface area contributed by atoms with Crippen LogP contribution in [0.5, 0.6) is 0 Å². The summed E-state index contributed by atoms with van der Waals surface area (Å²) >= 11 is 6.75. The SMILES string of the molecule is COC(=O)NC(CN1CCCC1c1nc(-c2ccc(-c3ccc(-c4cnc(C5CC6CC6N5C(=O)C(NC(=O)OC)C(C)C)[nH]4)cc3)cc2)c(Cl)[nH]1)C(C)C. The van der Waals surface area contributed by atoms with Crippen molar-refractivity contribution in [3.8, 4) is 33.6 Å². The van der Waals surface area contributed by atoms with E-state index in [1.807, 2.05) is 37.1 Å². The number of carbonyl (C=O) groups excluding carboxylic acids is 3. The maximum atomic E-state index is 13.8. The smallest absolute Gasteiger partial charge is 0.407 e. The van der Waals surface area contributed by atoms with E-state index in [2.05, 4.69) is 75.7 Å². The maximum absolute atomic E-state index is 13.8. The highest BCUT2D eigenvalue weighted by molar-refractivity contribution is 6.31. The third kappa shape index (κ3) is 8.09. The molecule has 4 heterocycles. The highest BCUT2D eigenvalue weighted by Gasteiger charge is 2.56. The molecule has 3 amide bonds. The zero-order chi connectivity index (χ0) is 39.0. The number of likely N-dealkylation sites (tertiary alicyclic amines) is 2. The van der Waals surface area contributed by atoms with Gasteiger partial charge < -0.3 is 35.0 Å². The van der Waals surface area contributed by atoms with Crippen LogP contribution in [0.15, 0.2) is 54.7 Å². The first-order valence-electron chi connectivity index (χ1n) is 19.2. The Kier molecular flexibility index (Phi) is 11.2. The van der Waals surface area contributed by atoms with Gasteiger partial charge in [0.15, 0.2) is 0 Å². The number of rotatable bonds is 12. The number of carbonyl (C=O) groups is 3. The Bertz CT molecular complexity index is 1990. The summed E-state index contributed by atoms with van der Waals surface area (Å²) in [5.74, 6) is 2.09. The fourth-order valence-electron chi connectivity index (χ4n) is 8.15. The monoisotopic (exact) mass is 770 g/mol. The number of hydrogen-bond acceptors (Lipinski definition) is 8. The van der Waals surface area contributed by atoms with Crippen LogP contribution in [0.25, 0.3) is 33.6 Å². The second-order valence-electron chi connectivity index (χ2n) is 15.7. The topological polar surface area (TPSA) is 158 Å². The molecule has 13 nitrogen and oxygen atoms in total. The lowest BCUT2D eigenvalue weighted by Gasteiger charge is -2.31. The first-order chi connectivity index (χ1) is 26.4. The van der Waals surface area contributed by atoms with Crippen molar-refractivity contribution in [1.29, 1.82) is 0 Å². The number of ether oxygens (including phenoxy) is 2. The third-order valence-corrected chi connectivity index (χ3v) is 11.7. The zero-order valence-corrected chi connectivity index (χ0v) is 33.0. The normalized spacial score (nSPS) is 21.7. The van der Waals surface area contributed by atoms with Crippen molar-refractivity contribution in [1.82, 2.24) is 40.4 Å². The summed E-state index contributed by atoms with van der Waals surface area (Å²) in [6.45, 7) is 9.64. The number of piperidine rings is 1. The minimum absolute atomic E-state index is 0.0519. The second kappa shape index (κ2) is 16.1. The molecule has 2 aliphatic heterocycles. The van der Waals surface area contributed by atoms with Crippen molar-refractivity contribution in [3.05, 3.63) is 71.5 Å². The molecule has 7 rings (SSSR count). The summed E-state index contributed by atoms with van der Waals surface area (Å²) in [5, 5.41) is 6.22. The van der Waals surface area contributed by atoms with Gasteiger partial charge >= 0.3 is 12.2 Å². The van der Waals surface area contributed by atoms with Gasteiger partial charge in [0.25, 0.3) is 0 Å². The van der Waals surface area contributed by atoms with Crippen LogP contribution >= 0.6 is 11.6 Å². The summed E-state index contributed by atoms with van der Waals surface area (Å²) in [6, 6.07) is 15.9. The molecule has 0 spiro atoms. The van der Waals surface area contributed by atoms with E-state index in [1.54, 1.807) is 0 Å². The Morgan fingerprint density at radius 2 is 1.47 bits per heavy atom. The van der Waals surface area contributed by atoms with Crippen LogP contribution in [0, 0.1) is 17.8 Å². The molecule has 1 saturated carbocycles. The molecular weight excluding hydrogens is 720 g/mol. The number of benzene rings is 2. The van der Waals surface area contributed by atoms with E-state index in [9.17, 15) is 14.4 Å². The molecule has 6 atom stereocenters. The molecule has 4 N–H and O–H groups in total. The van der Waals surface area contributed by atoms with Gasteiger partial charge in [-0.25, -0.2) is 19.6 Å². The van der Waals surface area contributed by atoms with E-state index in [0.29, 0.717) is 23.3 Å². The largest absolute Gasteiger partial charge is 0.453 e. The molecular formula is C41H51ClN8O5. The van der Waals surface area contributed by atoms with E-state index in [4.69, 9.17) is 31.0 Å². The van der Waals surface area contributed by atoms with Crippen molar-refractivity contribution >= 4 is 29.7 Å². The summed E-state index contributed by atoms with van der Waals surface area (Å²) in [7, 11) is 2.69. The van der Waals surface area contributed by atoms with Crippen molar-refractivity contribution in [3.63, 3.8) is 0 Å². The number of fused-ring (bicyclic) bond motifs is 1. The van der Waals surface area contributed by atoms with Gasteiger partial charge in [-0.15, -0.1) is 0 Å². The number of amides is 3. The van der Waals surface area contributed by atoms with Gasteiger partial charge in [0.2, 0.25) is 5.91 Å². The minimum atomic E-state index is -0.672. The molecule has 3 fully saturated rings. The molecule has 2 aromatic carbocycles. The average molecular weight is 771 g/mol. The molecule has 6 unspecified atom stereocenters. The number of nitrogens with zero attached hydrogens (tertiary/aromatic N) is 4. The molecule has 292 valence electrons. The van der Waals surface area contributed by atoms with Crippen LogP contribution in [-0.2, 0) is 14.3 Å². The molecule has 2 saturated heterocycles. The van der Waals surface area contributed by atoms with Gasteiger partial charge in [0.1, 0.15) is 28.5 Å². The van der Waals surface area contributed by atoms with Crippen LogP contribution in [0.1, 0.15) is 77.1 Å². The van der Waals surface area contributed by atoms with Crippen LogP contribution in [0.3, 0.4) is 0 Å². The second-order valence-corrected chi connectivity index (χ2v) is 16.1. The summed E-state index contributed by atoms with van der Waals surface area (Å²) in [4.78, 5) is 58.6. The zero-order valence-electron chi connectivity index (χ0n) is 32.3. The molecule has 55 heavy (non-hydrogen) atoms. The number of alkyl carbamates (subject to hydrolysis) is 2. The Morgan fingerprint density at radius 3 is 2.11 bits per heavy atom. The van der Waals surface area contributed by atoms with Crippen molar-refractivity contribution in [2.45, 2.75) is 83.6 Å². The summed E-state index contributed by atoms with van der Waals surface area (Å²) < 4.78 is 9.65. The van der Waals surface area contributed by atoms with Gasteiger partial charge in [-0.1, -0.05) is 87.8 Å². The highest BCUT2D eigenvalue weighted by atomic mass is 35.5. The van der Waals surface area contributed by atoms with Gasteiger partial charge in [0, 0.05) is 24.2 Å². The van der Waals surface area contributed by atoms with Crippen LogP contribution < -0.4 is 10.6 Å². The predicted molar refractivity (Wildman–Crippen MR) is 210 cm³/mol. The Balaban J connectivity index is 1.01. The number of hydrogen-bond donors (Lipinski definition) is 4. The van der Waals surface area contributed by atoms with E-state index in [-0.39, 0.29) is 41.9 Å². The van der Waals surface area contributed by atoms with Crippen LogP contribution in [0.2, 0.25) is 5.15 Å². The summed E-state index contributed by atoms with van der Waals surface area (Å²) in [5.41, 5.74) is 5.64. The Morgan fingerprint density at radius 1 is 0.836 bits per heavy atom. The van der Waals surface area contributed by atoms with Crippen molar-refractivity contribution in [2.75, 3.05) is 27.3 Å². The number of halogens is 1. The van der Waals surface area contributed by atoms with E-state index >= 15 is 0 Å².